The maximum Gasteiger partial charge on any atom is 0.00894 e. The Labute approximate surface area is 115 Å². The second kappa shape index (κ2) is 5.72. The molecule has 2 aliphatic rings. The predicted molar refractivity (Wildman–Crippen MR) is 78.3 cm³/mol. The Morgan fingerprint density at radius 3 is 2.78 bits per heavy atom. The zero-order valence-corrected chi connectivity index (χ0v) is 12.2. The summed E-state index contributed by atoms with van der Waals surface area (Å²) in [6.45, 7) is 6.55. The highest BCUT2D eigenvalue weighted by Crippen LogP contribution is 2.31. The maximum atomic E-state index is 2.71. The number of hydrogen-bond acceptors (Lipinski definition) is 3. The molecule has 3 heterocycles. The molecule has 0 spiro atoms. The summed E-state index contributed by atoms with van der Waals surface area (Å²) in [5.74, 6) is 1.76. The summed E-state index contributed by atoms with van der Waals surface area (Å²) in [5, 5.41) is 2.22. The van der Waals surface area contributed by atoms with Gasteiger partial charge in [-0.05, 0) is 63.3 Å². The van der Waals surface area contributed by atoms with Gasteiger partial charge in [0.05, 0.1) is 0 Å². The van der Waals surface area contributed by atoms with Crippen molar-refractivity contribution in [3.8, 4) is 0 Å². The first kappa shape index (κ1) is 12.6. The van der Waals surface area contributed by atoms with E-state index in [0.29, 0.717) is 0 Å². The summed E-state index contributed by atoms with van der Waals surface area (Å²) in [4.78, 5) is 6.77. The molecule has 1 atom stereocenters. The molecule has 0 aliphatic carbocycles. The van der Waals surface area contributed by atoms with Crippen molar-refractivity contribution in [2.24, 2.45) is 5.92 Å². The lowest BCUT2D eigenvalue weighted by Crippen LogP contribution is -2.36. The van der Waals surface area contributed by atoms with Gasteiger partial charge in [-0.15, -0.1) is 11.3 Å². The summed E-state index contributed by atoms with van der Waals surface area (Å²) < 4.78 is 0. The van der Waals surface area contributed by atoms with Gasteiger partial charge in [-0.2, -0.15) is 0 Å². The van der Waals surface area contributed by atoms with Crippen LogP contribution in [0.2, 0.25) is 0 Å². The molecular formula is C15H24N2S. The average molecular weight is 264 g/mol. The van der Waals surface area contributed by atoms with Crippen LogP contribution in [0.1, 0.15) is 30.1 Å². The highest BCUT2D eigenvalue weighted by atomic mass is 32.1. The van der Waals surface area contributed by atoms with Gasteiger partial charge in [-0.3, -0.25) is 0 Å². The van der Waals surface area contributed by atoms with Crippen molar-refractivity contribution >= 4 is 11.3 Å². The van der Waals surface area contributed by atoms with Crippen LogP contribution >= 0.6 is 11.3 Å². The molecular weight excluding hydrogens is 240 g/mol. The summed E-state index contributed by atoms with van der Waals surface area (Å²) in [7, 11) is 2.25. The lowest BCUT2D eigenvalue weighted by atomic mass is 9.96. The van der Waals surface area contributed by atoms with Crippen LogP contribution < -0.4 is 0 Å². The van der Waals surface area contributed by atoms with E-state index in [9.17, 15) is 0 Å². The van der Waals surface area contributed by atoms with Crippen molar-refractivity contribution in [1.29, 1.82) is 0 Å². The van der Waals surface area contributed by atoms with E-state index in [4.69, 9.17) is 0 Å². The van der Waals surface area contributed by atoms with Crippen LogP contribution in [0, 0.1) is 5.92 Å². The fraction of sp³-hybridized carbons (Fsp3) is 0.733. The summed E-state index contributed by atoms with van der Waals surface area (Å²) in [5.41, 5.74) is 0. The second-order valence-electron chi connectivity index (χ2n) is 6.01. The highest BCUT2D eigenvalue weighted by Gasteiger charge is 2.27. The van der Waals surface area contributed by atoms with E-state index < -0.39 is 0 Å². The van der Waals surface area contributed by atoms with Gasteiger partial charge in [0.1, 0.15) is 0 Å². The first-order chi connectivity index (χ1) is 8.81. The quantitative estimate of drug-likeness (QED) is 0.828. The van der Waals surface area contributed by atoms with E-state index in [1.54, 1.807) is 4.88 Å². The number of thiophene rings is 1. The molecule has 18 heavy (non-hydrogen) atoms. The smallest absolute Gasteiger partial charge is 0.00894 e. The number of nitrogens with zero attached hydrogens (tertiary/aromatic N) is 2. The lowest BCUT2D eigenvalue weighted by Gasteiger charge is -2.31. The molecule has 0 aromatic carbocycles. The SMILES string of the molecule is CN1CCC(CN2CCC(c3cccs3)C2)CC1. The Bertz CT molecular complexity index is 355. The van der Waals surface area contributed by atoms with Crippen molar-refractivity contribution in [1.82, 2.24) is 9.80 Å². The zero-order valence-electron chi connectivity index (χ0n) is 11.3. The van der Waals surface area contributed by atoms with Crippen LogP contribution in [0.3, 0.4) is 0 Å². The monoisotopic (exact) mass is 264 g/mol. The minimum absolute atomic E-state index is 0.816. The first-order valence-electron chi connectivity index (χ1n) is 7.25. The highest BCUT2D eigenvalue weighted by molar-refractivity contribution is 7.10. The molecule has 0 amide bonds. The van der Waals surface area contributed by atoms with Crippen molar-refractivity contribution in [3.63, 3.8) is 0 Å². The van der Waals surface area contributed by atoms with Crippen molar-refractivity contribution in [2.45, 2.75) is 25.2 Å². The normalized spacial score (nSPS) is 27.9. The molecule has 2 aliphatic heterocycles. The molecule has 1 unspecified atom stereocenters. The molecule has 0 bridgehead atoms. The molecule has 0 N–H and O–H groups in total. The van der Waals surface area contributed by atoms with E-state index in [0.717, 1.165) is 11.8 Å². The molecule has 3 heteroatoms. The topological polar surface area (TPSA) is 6.48 Å². The van der Waals surface area contributed by atoms with Gasteiger partial charge >= 0.3 is 0 Å². The Morgan fingerprint density at radius 2 is 2.06 bits per heavy atom. The van der Waals surface area contributed by atoms with Crippen molar-refractivity contribution in [3.05, 3.63) is 22.4 Å². The number of piperidine rings is 1. The molecule has 1 aromatic heterocycles. The molecule has 3 rings (SSSR count). The molecule has 1 aromatic rings. The average Bonchev–Trinajstić information content (AvgIpc) is 3.02. The zero-order chi connectivity index (χ0) is 12.4. The van der Waals surface area contributed by atoms with Crippen molar-refractivity contribution in [2.75, 3.05) is 39.8 Å². The summed E-state index contributed by atoms with van der Waals surface area (Å²) >= 11 is 1.94. The number of rotatable bonds is 3. The van der Waals surface area contributed by atoms with E-state index >= 15 is 0 Å². The Morgan fingerprint density at radius 1 is 1.22 bits per heavy atom. The van der Waals surface area contributed by atoms with Gasteiger partial charge in [0.25, 0.3) is 0 Å². The minimum Gasteiger partial charge on any atom is -0.306 e. The molecule has 0 saturated carbocycles. The number of likely N-dealkylation sites (tertiary alicyclic amines) is 2. The van der Waals surface area contributed by atoms with Crippen LogP contribution in [0.5, 0.6) is 0 Å². The van der Waals surface area contributed by atoms with Crippen LogP contribution in [0.25, 0.3) is 0 Å². The molecule has 2 saturated heterocycles. The third kappa shape index (κ3) is 2.95. The first-order valence-corrected chi connectivity index (χ1v) is 8.13. The van der Waals surface area contributed by atoms with E-state index in [2.05, 4.69) is 34.4 Å². The van der Waals surface area contributed by atoms with Gasteiger partial charge in [0.2, 0.25) is 0 Å². The largest absolute Gasteiger partial charge is 0.306 e. The molecule has 0 radical (unpaired) electrons. The lowest BCUT2D eigenvalue weighted by molar-refractivity contribution is 0.175. The van der Waals surface area contributed by atoms with Gasteiger partial charge in [0.15, 0.2) is 0 Å². The fourth-order valence-electron chi connectivity index (χ4n) is 3.36. The third-order valence-electron chi connectivity index (χ3n) is 4.57. The van der Waals surface area contributed by atoms with E-state index in [1.807, 2.05) is 11.3 Å². The maximum absolute atomic E-state index is 2.71. The van der Waals surface area contributed by atoms with Crippen molar-refractivity contribution < 1.29 is 0 Å². The minimum atomic E-state index is 0.816. The second-order valence-corrected chi connectivity index (χ2v) is 6.99. The summed E-state index contributed by atoms with van der Waals surface area (Å²) in [6.07, 6.45) is 4.17. The van der Waals surface area contributed by atoms with Gasteiger partial charge in [0, 0.05) is 23.9 Å². The van der Waals surface area contributed by atoms with Crippen LogP contribution in [0.4, 0.5) is 0 Å². The molecule has 100 valence electrons. The molecule has 2 nitrogen and oxygen atoms in total. The van der Waals surface area contributed by atoms with Crippen LogP contribution in [0.15, 0.2) is 17.5 Å². The van der Waals surface area contributed by atoms with E-state index in [-0.39, 0.29) is 0 Å². The van der Waals surface area contributed by atoms with E-state index in [1.165, 1.54) is 52.0 Å². The predicted octanol–water partition coefficient (Wildman–Crippen LogP) is 2.88. The van der Waals surface area contributed by atoms with Gasteiger partial charge in [-0.1, -0.05) is 6.07 Å². The fourth-order valence-corrected chi connectivity index (χ4v) is 4.22. The third-order valence-corrected chi connectivity index (χ3v) is 5.61. The Kier molecular flexibility index (Phi) is 4.02. The Hall–Kier alpha value is -0.380. The van der Waals surface area contributed by atoms with Crippen LogP contribution in [-0.2, 0) is 0 Å². The number of hydrogen-bond donors (Lipinski definition) is 0. The standard InChI is InChI=1S/C15H24N2S/c1-16-7-4-13(5-8-16)11-17-9-6-14(12-17)15-3-2-10-18-15/h2-3,10,13-14H,4-9,11-12H2,1H3. The van der Waals surface area contributed by atoms with Crippen LogP contribution in [-0.4, -0.2) is 49.6 Å². The summed E-state index contributed by atoms with van der Waals surface area (Å²) in [6, 6.07) is 4.51. The molecule has 2 fully saturated rings. The van der Waals surface area contributed by atoms with Gasteiger partial charge < -0.3 is 9.80 Å². The van der Waals surface area contributed by atoms with Gasteiger partial charge in [-0.25, -0.2) is 0 Å². The Balaban J connectivity index is 1.48.